The molecule has 0 atom stereocenters. The monoisotopic (exact) mass is 366 g/mol. The quantitative estimate of drug-likeness (QED) is 0.888. The fraction of sp³-hybridized carbons (Fsp3) is 0.421. The molecule has 0 radical (unpaired) electrons. The highest BCUT2D eigenvalue weighted by atomic mass is 16.2. The Labute approximate surface area is 157 Å². The van der Waals surface area contributed by atoms with Crippen LogP contribution in [0.3, 0.4) is 0 Å². The lowest BCUT2D eigenvalue weighted by molar-refractivity contribution is -0.120. The molecule has 0 bridgehead atoms. The van der Waals surface area contributed by atoms with Crippen molar-refractivity contribution in [2.24, 2.45) is 5.92 Å². The first-order valence-corrected chi connectivity index (χ1v) is 9.29. The van der Waals surface area contributed by atoms with E-state index in [-0.39, 0.29) is 17.7 Å². The molecule has 2 aromatic heterocycles. The predicted molar refractivity (Wildman–Crippen MR) is 101 cm³/mol. The number of hydrogen-bond donors (Lipinski definition) is 1. The van der Waals surface area contributed by atoms with Crippen LogP contribution in [0, 0.1) is 5.92 Å². The third-order valence-electron chi connectivity index (χ3n) is 5.12. The van der Waals surface area contributed by atoms with Gasteiger partial charge in [-0.05, 0) is 31.4 Å². The predicted octanol–water partition coefficient (Wildman–Crippen LogP) is 1.85. The minimum absolute atomic E-state index is 0.00806. The number of amides is 2. The van der Waals surface area contributed by atoms with Crippen molar-refractivity contribution in [3.05, 3.63) is 36.9 Å². The van der Waals surface area contributed by atoms with Crippen LogP contribution < -0.4 is 15.1 Å². The summed E-state index contributed by atoms with van der Waals surface area (Å²) in [7, 11) is 0. The molecule has 0 aliphatic carbocycles. The molecule has 140 valence electrons. The van der Waals surface area contributed by atoms with Crippen molar-refractivity contribution < 1.29 is 9.59 Å². The van der Waals surface area contributed by atoms with Gasteiger partial charge in [0, 0.05) is 44.4 Å². The van der Waals surface area contributed by atoms with E-state index in [1.165, 1.54) is 0 Å². The molecule has 2 saturated heterocycles. The van der Waals surface area contributed by atoms with E-state index in [1.807, 2.05) is 6.07 Å². The van der Waals surface area contributed by atoms with Gasteiger partial charge in [0.05, 0.1) is 18.1 Å². The lowest BCUT2D eigenvalue weighted by atomic mass is 9.96. The van der Waals surface area contributed by atoms with Gasteiger partial charge in [0.15, 0.2) is 0 Å². The molecule has 2 aliphatic rings. The van der Waals surface area contributed by atoms with E-state index in [1.54, 1.807) is 35.8 Å². The lowest BCUT2D eigenvalue weighted by Crippen LogP contribution is -2.38. The molecule has 0 saturated carbocycles. The maximum Gasteiger partial charge on any atom is 0.228 e. The normalized spacial score (nSPS) is 18.0. The summed E-state index contributed by atoms with van der Waals surface area (Å²) in [6.07, 6.45) is 9.73. The highest BCUT2D eigenvalue weighted by molar-refractivity contribution is 5.95. The van der Waals surface area contributed by atoms with Gasteiger partial charge in [0.25, 0.3) is 0 Å². The molecule has 2 fully saturated rings. The SMILES string of the molecule is O=C(Nc1ccc(N2CCCC2=O)cn1)C1CCN(c2cnccn2)CC1. The molecule has 1 N–H and O–H groups in total. The molecule has 2 amide bonds. The highest BCUT2D eigenvalue weighted by Crippen LogP contribution is 2.24. The van der Waals surface area contributed by atoms with Gasteiger partial charge in [-0.3, -0.25) is 14.6 Å². The Kier molecular flexibility index (Phi) is 4.95. The van der Waals surface area contributed by atoms with Crippen molar-refractivity contribution in [3.63, 3.8) is 0 Å². The van der Waals surface area contributed by atoms with E-state index in [9.17, 15) is 9.59 Å². The van der Waals surface area contributed by atoms with Crippen molar-refractivity contribution in [1.82, 2.24) is 15.0 Å². The molecule has 0 spiro atoms. The summed E-state index contributed by atoms with van der Waals surface area (Å²) < 4.78 is 0. The molecule has 4 heterocycles. The van der Waals surface area contributed by atoms with E-state index >= 15 is 0 Å². The molecule has 2 aromatic rings. The van der Waals surface area contributed by atoms with Crippen LogP contribution in [0.25, 0.3) is 0 Å². The summed E-state index contributed by atoms with van der Waals surface area (Å²) in [5.74, 6) is 1.45. The number of rotatable bonds is 4. The number of pyridine rings is 1. The van der Waals surface area contributed by atoms with Crippen LogP contribution in [-0.4, -0.2) is 46.4 Å². The molecule has 0 aromatic carbocycles. The number of anilines is 3. The number of carbonyl (C=O) groups is 2. The zero-order chi connectivity index (χ0) is 18.6. The first-order chi connectivity index (χ1) is 13.2. The second kappa shape index (κ2) is 7.69. The van der Waals surface area contributed by atoms with Crippen LogP contribution in [-0.2, 0) is 9.59 Å². The van der Waals surface area contributed by atoms with E-state index < -0.39 is 0 Å². The molecule has 2 aliphatic heterocycles. The zero-order valence-corrected chi connectivity index (χ0v) is 15.0. The third kappa shape index (κ3) is 3.89. The smallest absolute Gasteiger partial charge is 0.228 e. The third-order valence-corrected chi connectivity index (χ3v) is 5.12. The maximum atomic E-state index is 12.5. The molecular weight excluding hydrogens is 344 g/mol. The number of piperidine rings is 1. The van der Waals surface area contributed by atoms with Gasteiger partial charge in [-0.2, -0.15) is 0 Å². The average Bonchev–Trinajstić information content (AvgIpc) is 3.15. The lowest BCUT2D eigenvalue weighted by Gasteiger charge is -2.31. The van der Waals surface area contributed by atoms with Crippen LogP contribution >= 0.6 is 0 Å². The van der Waals surface area contributed by atoms with E-state index in [0.717, 1.165) is 50.4 Å². The Morgan fingerprint density at radius 3 is 2.56 bits per heavy atom. The minimum atomic E-state index is -0.0421. The van der Waals surface area contributed by atoms with Gasteiger partial charge < -0.3 is 15.1 Å². The molecule has 4 rings (SSSR count). The fourth-order valence-electron chi connectivity index (χ4n) is 3.59. The summed E-state index contributed by atoms with van der Waals surface area (Å²) in [5, 5.41) is 2.90. The minimum Gasteiger partial charge on any atom is -0.355 e. The summed E-state index contributed by atoms with van der Waals surface area (Å²) in [4.78, 5) is 40.9. The van der Waals surface area contributed by atoms with Crippen LogP contribution in [0.5, 0.6) is 0 Å². The van der Waals surface area contributed by atoms with Crippen LogP contribution in [0.2, 0.25) is 0 Å². The molecular formula is C19H22N6O2. The van der Waals surface area contributed by atoms with Gasteiger partial charge in [0.1, 0.15) is 11.6 Å². The number of nitrogens with one attached hydrogen (secondary N) is 1. The molecule has 0 unspecified atom stereocenters. The van der Waals surface area contributed by atoms with E-state index in [0.29, 0.717) is 12.2 Å². The maximum absolute atomic E-state index is 12.5. The van der Waals surface area contributed by atoms with Gasteiger partial charge in [0.2, 0.25) is 11.8 Å². The molecule has 8 heteroatoms. The number of aromatic nitrogens is 3. The standard InChI is InChI=1S/C19H22N6O2/c26-18-2-1-9-25(18)15-3-4-16(22-12-15)23-19(27)14-5-10-24(11-6-14)17-13-20-7-8-21-17/h3-4,7-8,12-14H,1-2,5-6,9-11H2,(H,22,23,27). The second-order valence-electron chi connectivity index (χ2n) is 6.86. The van der Waals surface area contributed by atoms with Gasteiger partial charge in [-0.1, -0.05) is 0 Å². The number of hydrogen-bond acceptors (Lipinski definition) is 6. The van der Waals surface area contributed by atoms with Crippen molar-refractivity contribution in [2.75, 3.05) is 34.8 Å². The van der Waals surface area contributed by atoms with Gasteiger partial charge in [-0.25, -0.2) is 9.97 Å². The van der Waals surface area contributed by atoms with E-state index in [2.05, 4.69) is 25.2 Å². The van der Waals surface area contributed by atoms with Crippen molar-refractivity contribution in [2.45, 2.75) is 25.7 Å². The van der Waals surface area contributed by atoms with Gasteiger partial charge in [-0.15, -0.1) is 0 Å². The molecule has 8 nitrogen and oxygen atoms in total. The first-order valence-electron chi connectivity index (χ1n) is 9.29. The second-order valence-corrected chi connectivity index (χ2v) is 6.86. The summed E-state index contributed by atoms with van der Waals surface area (Å²) >= 11 is 0. The van der Waals surface area contributed by atoms with Crippen molar-refractivity contribution in [3.8, 4) is 0 Å². The Bertz CT molecular complexity index is 803. The Morgan fingerprint density at radius 1 is 1.07 bits per heavy atom. The van der Waals surface area contributed by atoms with Gasteiger partial charge >= 0.3 is 0 Å². The molecule has 27 heavy (non-hydrogen) atoms. The number of carbonyl (C=O) groups excluding carboxylic acids is 2. The van der Waals surface area contributed by atoms with Crippen LogP contribution in [0.4, 0.5) is 17.3 Å². The Morgan fingerprint density at radius 2 is 1.93 bits per heavy atom. The Hall–Kier alpha value is -3.03. The zero-order valence-electron chi connectivity index (χ0n) is 15.0. The largest absolute Gasteiger partial charge is 0.355 e. The topological polar surface area (TPSA) is 91.3 Å². The first kappa shape index (κ1) is 17.4. The number of nitrogens with zero attached hydrogens (tertiary/aromatic N) is 5. The van der Waals surface area contributed by atoms with Crippen LogP contribution in [0.15, 0.2) is 36.9 Å². The van der Waals surface area contributed by atoms with Crippen LogP contribution in [0.1, 0.15) is 25.7 Å². The fourth-order valence-corrected chi connectivity index (χ4v) is 3.59. The summed E-state index contributed by atoms with van der Waals surface area (Å²) in [5.41, 5.74) is 0.785. The highest BCUT2D eigenvalue weighted by Gasteiger charge is 2.26. The van der Waals surface area contributed by atoms with Crippen molar-refractivity contribution >= 4 is 29.1 Å². The average molecular weight is 366 g/mol. The summed E-state index contributed by atoms with van der Waals surface area (Å²) in [6, 6.07) is 3.59. The Balaban J connectivity index is 1.31. The summed E-state index contributed by atoms with van der Waals surface area (Å²) in [6.45, 7) is 2.29. The van der Waals surface area contributed by atoms with Crippen molar-refractivity contribution in [1.29, 1.82) is 0 Å². The van der Waals surface area contributed by atoms with E-state index in [4.69, 9.17) is 0 Å².